The Bertz CT molecular complexity index is 658. The molecule has 3 rings (SSSR count). The van der Waals surface area contributed by atoms with Crippen LogP contribution in [0.15, 0.2) is 48.8 Å². The van der Waals surface area contributed by atoms with Gasteiger partial charge in [-0.2, -0.15) is 0 Å². The lowest BCUT2D eigenvalue weighted by molar-refractivity contribution is 1.15. The number of rotatable bonds is 3. The summed E-state index contributed by atoms with van der Waals surface area (Å²) in [5, 5.41) is 4.13. The molecule has 2 aromatic carbocycles. The molecular weight excluding hydrogens is 246 g/mol. The van der Waals surface area contributed by atoms with E-state index in [1.807, 2.05) is 36.4 Å². The average molecular weight is 258 g/mol. The van der Waals surface area contributed by atoms with Crippen molar-refractivity contribution in [2.45, 2.75) is 6.54 Å². The van der Waals surface area contributed by atoms with Gasteiger partial charge in [-0.25, -0.2) is 4.98 Å². The van der Waals surface area contributed by atoms with E-state index in [4.69, 9.17) is 11.6 Å². The second-order valence-electron chi connectivity index (χ2n) is 4.11. The summed E-state index contributed by atoms with van der Waals surface area (Å²) in [5.41, 5.74) is 4.29. The lowest BCUT2D eigenvalue weighted by atomic mass is 10.2. The maximum absolute atomic E-state index is 5.85. The molecule has 0 aliphatic carbocycles. The zero-order valence-electron chi connectivity index (χ0n) is 9.65. The molecule has 1 heterocycles. The molecule has 90 valence electrons. The van der Waals surface area contributed by atoms with Crippen molar-refractivity contribution in [2.75, 3.05) is 5.32 Å². The van der Waals surface area contributed by atoms with Crippen LogP contribution in [0.3, 0.4) is 0 Å². The molecule has 2 N–H and O–H groups in total. The van der Waals surface area contributed by atoms with Gasteiger partial charge in [0.05, 0.1) is 17.4 Å². The quantitative estimate of drug-likeness (QED) is 0.749. The Kier molecular flexibility index (Phi) is 2.90. The standard InChI is InChI=1S/C14H12ClN3/c15-11-3-1-10(2-4-11)8-16-12-5-6-13-14(7-12)18-9-17-13/h1-7,9,16H,8H2,(H,17,18). The monoisotopic (exact) mass is 257 g/mol. The number of hydrogen-bond donors (Lipinski definition) is 2. The molecule has 0 aliphatic heterocycles. The Morgan fingerprint density at radius 1 is 1.11 bits per heavy atom. The van der Waals surface area contributed by atoms with E-state index in [0.717, 1.165) is 28.3 Å². The van der Waals surface area contributed by atoms with Crippen LogP contribution in [0.4, 0.5) is 5.69 Å². The predicted octanol–water partition coefficient (Wildman–Crippen LogP) is 3.83. The van der Waals surface area contributed by atoms with Gasteiger partial charge >= 0.3 is 0 Å². The number of anilines is 1. The van der Waals surface area contributed by atoms with Gasteiger partial charge in [-0.05, 0) is 35.9 Å². The van der Waals surface area contributed by atoms with Gasteiger partial charge in [0.1, 0.15) is 0 Å². The molecule has 0 fully saturated rings. The molecule has 4 heteroatoms. The van der Waals surface area contributed by atoms with Crippen LogP contribution in [-0.4, -0.2) is 9.97 Å². The number of hydrogen-bond acceptors (Lipinski definition) is 2. The van der Waals surface area contributed by atoms with Crippen LogP contribution in [0.2, 0.25) is 5.02 Å². The van der Waals surface area contributed by atoms with Crippen LogP contribution < -0.4 is 5.32 Å². The van der Waals surface area contributed by atoms with Crippen LogP contribution in [-0.2, 0) is 6.54 Å². The Labute approximate surface area is 110 Å². The maximum atomic E-state index is 5.85. The highest BCUT2D eigenvalue weighted by molar-refractivity contribution is 6.30. The number of aromatic amines is 1. The highest BCUT2D eigenvalue weighted by Crippen LogP contribution is 2.17. The van der Waals surface area contributed by atoms with Crippen molar-refractivity contribution in [3.05, 3.63) is 59.4 Å². The lowest BCUT2D eigenvalue weighted by Crippen LogP contribution is -1.98. The van der Waals surface area contributed by atoms with Crippen molar-refractivity contribution in [1.82, 2.24) is 9.97 Å². The summed E-state index contributed by atoms with van der Waals surface area (Å²) in [6.07, 6.45) is 1.70. The minimum Gasteiger partial charge on any atom is -0.381 e. The molecule has 1 aromatic heterocycles. The first-order valence-electron chi connectivity index (χ1n) is 5.73. The SMILES string of the molecule is Clc1ccc(CNc2ccc3nc[nH]c3c2)cc1. The maximum Gasteiger partial charge on any atom is 0.0931 e. The lowest BCUT2D eigenvalue weighted by Gasteiger charge is -2.06. The number of imidazole rings is 1. The molecule has 0 bridgehead atoms. The van der Waals surface area contributed by atoms with Crippen LogP contribution >= 0.6 is 11.6 Å². The highest BCUT2D eigenvalue weighted by atomic mass is 35.5. The van der Waals surface area contributed by atoms with Crippen LogP contribution in [0, 0.1) is 0 Å². The van der Waals surface area contributed by atoms with Crippen LogP contribution in [0.25, 0.3) is 11.0 Å². The second-order valence-corrected chi connectivity index (χ2v) is 4.55. The van der Waals surface area contributed by atoms with Crippen molar-refractivity contribution < 1.29 is 0 Å². The fourth-order valence-electron chi connectivity index (χ4n) is 1.85. The number of nitrogens with one attached hydrogen (secondary N) is 2. The van der Waals surface area contributed by atoms with Gasteiger partial charge in [-0.15, -0.1) is 0 Å². The topological polar surface area (TPSA) is 40.7 Å². The molecule has 0 saturated heterocycles. The largest absolute Gasteiger partial charge is 0.381 e. The molecule has 0 amide bonds. The fraction of sp³-hybridized carbons (Fsp3) is 0.0714. The molecule has 0 saturated carbocycles. The summed E-state index contributed by atoms with van der Waals surface area (Å²) >= 11 is 5.85. The number of nitrogens with zero attached hydrogens (tertiary/aromatic N) is 1. The minimum atomic E-state index is 0.762. The Morgan fingerprint density at radius 2 is 1.94 bits per heavy atom. The third kappa shape index (κ3) is 2.31. The summed E-state index contributed by atoms with van der Waals surface area (Å²) in [7, 11) is 0. The summed E-state index contributed by atoms with van der Waals surface area (Å²) in [6, 6.07) is 13.9. The van der Waals surface area contributed by atoms with Gasteiger partial charge in [0.15, 0.2) is 0 Å². The summed E-state index contributed by atoms with van der Waals surface area (Å²) in [5.74, 6) is 0. The molecule has 0 unspecified atom stereocenters. The smallest absolute Gasteiger partial charge is 0.0931 e. The number of fused-ring (bicyclic) bond motifs is 1. The van der Waals surface area contributed by atoms with E-state index in [-0.39, 0.29) is 0 Å². The molecule has 3 nitrogen and oxygen atoms in total. The van der Waals surface area contributed by atoms with Crippen molar-refractivity contribution in [3.63, 3.8) is 0 Å². The van der Waals surface area contributed by atoms with Gasteiger partial charge in [-0.3, -0.25) is 0 Å². The van der Waals surface area contributed by atoms with Crippen LogP contribution in [0.5, 0.6) is 0 Å². The van der Waals surface area contributed by atoms with Crippen molar-refractivity contribution >= 4 is 28.3 Å². The summed E-state index contributed by atoms with van der Waals surface area (Å²) in [4.78, 5) is 7.29. The first-order chi connectivity index (χ1) is 8.81. The fourth-order valence-corrected chi connectivity index (χ4v) is 1.98. The molecule has 18 heavy (non-hydrogen) atoms. The summed E-state index contributed by atoms with van der Waals surface area (Å²) in [6.45, 7) is 0.775. The van der Waals surface area contributed by atoms with E-state index in [1.165, 1.54) is 5.56 Å². The molecule has 3 aromatic rings. The Hall–Kier alpha value is -2.00. The van der Waals surface area contributed by atoms with E-state index in [1.54, 1.807) is 6.33 Å². The number of benzene rings is 2. The van der Waals surface area contributed by atoms with Gasteiger partial charge in [0, 0.05) is 17.3 Å². The van der Waals surface area contributed by atoms with Gasteiger partial charge in [0.25, 0.3) is 0 Å². The normalized spacial score (nSPS) is 10.7. The summed E-state index contributed by atoms with van der Waals surface area (Å²) < 4.78 is 0. The Morgan fingerprint density at radius 3 is 2.78 bits per heavy atom. The van der Waals surface area contributed by atoms with E-state index in [0.29, 0.717) is 0 Å². The van der Waals surface area contributed by atoms with Gasteiger partial charge in [-0.1, -0.05) is 23.7 Å². The highest BCUT2D eigenvalue weighted by Gasteiger charge is 1.98. The second kappa shape index (κ2) is 4.70. The van der Waals surface area contributed by atoms with E-state index >= 15 is 0 Å². The van der Waals surface area contributed by atoms with E-state index in [9.17, 15) is 0 Å². The first kappa shape index (κ1) is 11.1. The Balaban J connectivity index is 1.74. The van der Waals surface area contributed by atoms with Gasteiger partial charge in [0.2, 0.25) is 0 Å². The number of halogens is 1. The zero-order valence-corrected chi connectivity index (χ0v) is 10.4. The number of aromatic nitrogens is 2. The third-order valence-corrected chi connectivity index (χ3v) is 3.08. The van der Waals surface area contributed by atoms with Crippen molar-refractivity contribution in [3.8, 4) is 0 Å². The average Bonchev–Trinajstić information content (AvgIpc) is 2.85. The molecule has 0 radical (unpaired) electrons. The predicted molar refractivity (Wildman–Crippen MR) is 74.9 cm³/mol. The third-order valence-electron chi connectivity index (χ3n) is 2.83. The van der Waals surface area contributed by atoms with E-state index < -0.39 is 0 Å². The van der Waals surface area contributed by atoms with Crippen molar-refractivity contribution in [2.24, 2.45) is 0 Å². The van der Waals surface area contributed by atoms with Crippen LogP contribution in [0.1, 0.15) is 5.56 Å². The number of H-pyrrole nitrogens is 1. The van der Waals surface area contributed by atoms with Gasteiger partial charge < -0.3 is 10.3 Å². The molecule has 0 atom stereocenters. The molecule has 0 aliphatic rings. The first-order valence-corrected chi connectivity index (χ1v) is 6.10. The molecule has 0 spiro atoms. The van der Waals surface area contributed by atoms with Crippen molar-refractivity contribution in [1.29, 1.82) is 0 Å². The molecular formula is C14H12ClN3. The zero-order chi connectivity index (χ0) is 12.4. The van der Waals surface area contributed by atoms with E-state index in [2.05, 4.69) is 21.4 Å². The minimum absolute atomic E-state index is 0.762.